The number of rotatable bonds is 8. The van der Waals surface area contributed by atoms with Crippen LogP contribution in [0.3, 0.4) is 0 Å². The highest BCUT2D eigenvalue weighted by molar-refractivity contribution is 7.92. The number of anilines is 1. The number of aryl methyl sites for hydroxylation is 1. The molecule has 0 spiro atoms. The summed E-state index contributed by atoms with van der Waals surface area (Å²) in [5.41, 5.74) is 1.82. The fraction of sp³-hybridized carbons (Fsp3) is 0.174. The van der Waals surface area contributed by atoms with E-state index < -0.39 is 15.9 Å². The molecule has 0 bridgehead atoms. The normalized spacial score (nSPS) is 11.1. The third-order valence-corrected chi connectivity index (χ3v) is 6.72. The Labute approximate surface area is 187 Å². The smallest absolute Gasteiger partial charge is 0.264 e. The van der Waals surface area contributed by atoms with Crippen LogP contribution in [0.2, 0.25) is 5.02 Å². The Kier molecular flexibility index (Phi) is 7.20. The van der Waals surface area contributed by atoms with Crippen LogP contribution in [0.15, 0.2) is 77.7 Å². The summed E-state index contributed by atoms with van der Waals surface area (Å²) < 4.78 is 33.1. The summed E-state index contributed by atoms with van der Waals surface area (Å²) >= 11 is 6.05. The molecular weight excluding hydrogens is 436 g/mol. The van der Waals surface area contributed by atoms with Crippen LogP contribution in [0.25, 0.3) is 0 Å². The number of hydrogen-bond donors (Lipinski definition) is 1. The fourth-order valence-corrected chi connectivity index (χ4v) is 4.88. The van der Waals surface area contributed by atoms with Crippen LogP contribution < -0.4 is 14.4 Å². The molecule has 0 aromatic heterocycles. The van der Waals surface area contributed by atoms with Gasteiger partial charge in [0, 0.05) is 17.1 Å². The summed E-state index contributed by atoms with van der Waals surface area (Å²) in [4.78, 5) is 12.9. The highest BCUT2D eigenvalue weighted by atomic mass is 35.5. The fourth-order valence-electron chi connectivity index (χ4n) is 3.15. The monoisotopic (exact) mass is 458 g/mol. The van der Waals surface area contributed by atoms with E-state index in [1.54, 1.807) is 56.5 Å². The number of carbonyl (C=O) groups is 1. The number of nitrogens with one attached hydrogen (secondary N) is 1. The number of ether oxygens (including phenoxy) is 1. The molecule has 0 saturated carbocycles. The molecule has 0 aliphatic rings. The molecule has 0 saturated heterocycles. The number of carbonyl (C=O) groups excluding carboxylic acids is 1. The minimum absolute atomic E-state index is 0.0990. The lowest BCUT2D eigenvalue weighted by atomic mass is 10.2. The summed E-state index contributed by atoms with van der Waals surface area (Å²) in [5.74, 6) is 0.199. The number of benzene rings is 3. The van der Waals surface area contributed by atoms with E-state index in [-0.39, 0.29) is 18.0 Å². The van der Waals surface area contributed by atoms with Crippen molar-refractivity contribution in [3.63, 3.8) is 0 Å². The van der Waals surface area contributed by atoms with Crippen LogP contribution in [0.5, 0.6) is 5.75 Å². The van der Waals surface area contributed by atoms with Gasteiger partial charge in [0.15, 0.2) is 0 Å². The second-order valence-electron chi connectivity index (χ2n) is 6.84. The first-order chi connectivity index (χ1) is 14.8. The summed E-state index contributed by atoms with van der Waals surface area (Å²) in [6.45, 7) is 1.58. The predicted molar refractivity (Wildman–Crippen MR) is 122 cm³/mol. The Morgan fingerprint density at radius 1 is 1.03 bits per heavy atom. The van der Waals surface area contributed by atoms with Gasteiger partial charge < -0.3 is 10.1 Å². The van der Waals surface area contributed by atoms with Crippen molar-refractivity contribution in [3.05, 3.63) is 88.9 Å². The van der Waals surface area contributed by atoms with Gasteiger partial charge in [0.2, 0.25) is 5.91 Å². The Morgan fingerprint density at radius 2 is 1.71 bits per heavy atom. The van der Waals surface area contributed by atoms with E-state index >= 15 is 0 Å². The number of sulfonamides is 1. The quantitative estimate of drug-likeness (QED) is 0.549. The molecule has 3 aromatic rings. The molecule has 1 N–H and O–H groups in total. The van der Waals surface area contributed by atoms with Gasteiger partial charge in [0.05, 0.1) is 17.7 Å². The second kappa shape index (κ2) is 9.85. The largest absolute Gasteiger partial charge is 0.496 e. The molecule has 0 heterocycles. The Bertz CT molecular complexity index is 1170. The van der Waals surface area contributed by atoms with Gasteiger partial charge in [-0.3, -0.25) is 9.10 Å². The average Bonchev–Trinajstić information content (AvgIpc) is 2.77. The van der Waals surface area contributed by atoms with Gasteiger partial charge >= 0.3 is 0 Å². The van der Waals surface area contributed by atoms with Crippen LogP contribution in [-0.2, 0) is 21.4 Å². The van der Waals surface area contributed by atoms with Crippen molar-refractivity contribution in [1.29, 1.82) is 0 Å². The van der Waals surface area contributed by atoms with Crippen molar-refractivity contribution in [2.24, 2.45) is 0 Å². The van der Waals surface area contributed by atoms with E-state index in [2.05, 4.69) is 5.32 Å². The maximum Gasteiger partial charge on any atom is 0.264 e. The maximum atomic E-state index is 13.4. The van der Waals surface area contributed by atoms with E-state index in [9.17, 15) is 13.2 Å². The zero-order chi connectivity index (χ0) is 22.4. The summed E-state index contributed by atoms with van der Waals surface area (Å²) in [5, 5.41) is 3.26. The van der Waals surface area contributed by atoms with Crippen LogP contribution in [0.4, 0.5) is 5.69 Å². The molecule has 1 amide bonds. The lowest BCUT2D eigenvalue weighted by Crippen LogP contribution is -2.41. The van der Waals surface area contributed by atoms with Gasteiger partial charge in [-0.2, -0.15) is 0 Å². The highest BCUT2D eigenvalue weighted by Gasteiger charge is 2.28. The van der Waals surface area contributed by atoms with Gasteiger partial charge in [0.25, 0.3) is 10.0 Å². The number of halogens is 1. The predicted octanol–water partition coefficient (Wildman–Crippen LogP) is 4.17. The standard InChI is InChI=1S/C23H23ClN2O4S/c1-17-14-19(24)12-13-21(17)26(31(28,29)20-9-4-3-5-10-20)16-23(27)25-15-18-8-6-7-11-22(18)30-2/h3-14H,15-16H2,1-2H3,(H,25,27). The molecule has 0 unspecified atom stereocenters. The van der Waals surface area contributed by atoms with Crippen LogP contribution in [-0.4, -0.2) is 28.0 Å². The zero-order valence-corrected chi connectivity index (χ0v) is 18.8. The van der Waals surface area contributed by atoms with Gasteiger partial charge in [-0.1, -0.05) is 48.0 Å². The molecule has 31 heavy (non-hydrogen) atoms. The van der Waals surface area contributed by atoms with Crippen molar-refractivity contribution in [1.82, 2.24) is 5.32 Å². The van der Waals surface area contributed by atoms with Crippen molar-refractivity contribution in [2.75, 3.05) is 18.0 Å². The van der Waals surface area contributed by atoms with Crippen LogP contribution >= 0.6 is 11.6 Å². The Balaban J connectivity index is 1.89. The molecule has 6 nitrogen and oxygen atoms in total. The minimum Gasteiger partial charge on any atom is -0.496 e. The second-order valence-corrected chi connectivity index (χ2v) is 9.14. The number of methoxy groups -OCH3 is 1. The molecule has 0 atom stereocenters. The first kappa shape index (κ1) is 22.7. The Hall–Kier alpha value is -3.03. The molecule has 8 heteroatoms. The molecule has 3 rings (SSSR count). The third-order valence-electron chi connectivity index (χ3n) is 4.71. The first-order valence-corrected chi connectivity index (χ1v) is 11.4. The maximum absolute atomic E-state index is 13.4. The van der Waals surface area contributed by atoms with Crippen LogP contribution in [0.1, 0.15) is 11.1 Å². The van der Waals surface area contributed by atoms with E-state index in [1.165, 1.54) is 12.1 Å². The van der Waals surface area contributed by atoms with Gasteiger partial charge in [0.1, 0.15) is 12.3 Å². The molecule has 0 radical (unpaired) electrons. The van der Waals surface area contributed by atoms with Crippen molar-refractivity contribution in [3.8, 4) is 5.75 Å². The Morgan fingerprint density at radius 3 is 2.39 bits per heavy atom. The third kappa shape index (κ3) is 5.37. The summed E-state index contributed by atoms with van der Waals surface area (Å²) in [7, 11) is -2.42. The summed E-state index contributed by atoms with van der Waals surface area (Å²) in [6.07, 6.45) is 0. The molecule has 0 aliphatic heterocycles. The molecule has 3 aromatic carbocycles. The van der Waals surface area contributed by atoms with Crippen molar-refractivity contribution >= 4 is 33.2 Å². The number of para-hydroxylation sites is 1. The molecule has 0 fully saturated rings. The lowest BCUT2D eigenvalue weighted by molar-refractivity contribution is -0.119. The van der Waals surface area contributed by atoms with Gasteiger partial charge in [-0.05, 0) is 48.9 Å². The molecule has 0 aliphatic carbocycles. The van der Waals surface area contributed by atoms with E-state index in [0.717, 1.165) is 9.87 Å². The first-order valence-electron chi connectivity index (χ1n) is 9.55. The number of hydrogen-bond acceptors (Lipinski definition) is 4. The zero-order valence-electron chi connectivity index (χ0n) is 17.2. The van der Waals surface area contributed by atoms with Crippen molar-refractivity contribution in [2.45, 2.75) is 18.4 Å². The number of nitrogens with zero attached hydrogens (tertiary/aromatic N) is 1. The van der Waals surface area contributed by atoms with E-state index in [4.69, 9.17) is 16.3 Å². The van der Waals surface area contributed by atoms with Crippen molar-refractivity contribution < 1.29 is 17.9 Å². The van der Waals surface area contributed by atoms with Crippen LogP contribution in [0, 0.1) is 6.92 Å². The van der Waals surface area contributed by atoms with E-state index in [1.807, 2.05) is 18.2 Å². The molecular formula is C23H23ClN2O4S. The van der Waals surface area contributed by atoms with E-state index in [0.29, 0.717) is 22.0 Å². The average molecular weight is 459 g/mol. The summed E-state index contributed by atoms with van der Waals surface area (Å²) in [6, 6.07) is 20.2. The highest BCUT2D eigenvalue weighted by Crippen LogP contribution is 2.28. The minimum atomic E-state index is -3.98. The number of amides is 1. The van der Waals surface area contributed by atoms with Gasteiger partial charge in [-0.15, -0.1) is 0 Å². The van der Waals surface area contributed by atoms with Gasteiger partial charge in [-0.25, -0.2) is 8.42 Å². The lowest BCUT2D eigenvalue weighted by Gasteiger charge is -2.25. The molecule has 162 valence electrons. The topological polar surface area (TPSA) is 75.7 Å². The SMILES string of the molecule is COc1ccccc1CNC(=O)CN(c1ccc(Cl)cc1C)S(=O)(=O)c1ccccc1.